The van der Waals surface area contributed by atoms with Gasteiger partial charge in [-0.25, -0.2) is 4.57 Å². The molecule has 0 aliphatic rings. The normalized spacial score (nSPS) is 14.5. The number of aliphatic hydroxyl groups excluding tert-OH is 1. The molecule has 5 N–H and O–H groups in total. The van der Waals surface area contributed by atoms with Crippen LogP contribution >= 0.6 is 7.82 Å². The van der Waals surface area contributed by atoms with Gasteiger partial charge in [-0.1, -0.05) is 71.6 Å². The van der Waals surface area contributed by atoms with E-state index in [-0.39, 0.29) is 31.0 Å². The maximum Gasteiger partial charge on any atom is 1.00 e. The molecule has 2 atom stereocenters. The maximum absolute atomic E-state index is 10.7. The van der Waals surface area contributed by atoms with Crippen LogP contribution in [-0.4, -0.2) is 56.3 Å². The smallest absolute Gasteiger partial charge is 1.00 e. The number of hydrogen-bond acceptors (Lipinski definition) is 6. The molecule has 0 aromatic carbocycles. The van der Waals surface area contributed by atoms with E-state index in [4.69, 9.17) is 14.5 Å². The van der Waals surface area contributed by atoms with E-state index in [1.54, 1.807) is 6.92 Å². The minimum Gasteiger partial charge on any atom is -1.00 e. The van der Waals surface area contributed by atoms with Crippen molar-refractivity contribution in [3.8, 4) is 0 Å². The van der Waals surface area contributed by atoms with Gasteiger partial charge in [0.2, 0.25) is 5.79 Å². The number of unbranched alkanes of at least 4 members (excludes halogenated alkanes) is 9. The van der Waals surface area contributed by atoms with Crippen molar-refractivity contribution in [3.63, 3.8) is 0 Å². The maximum atomic E-state index is 10.7. The quantitative estimate of drug-likeness (QED) is 0.0871. The van der Waals surface area contributed by atoms with Crippen molar-refractivity contribution in [1.82, 2.24) is 0 Å². The van der Waals surface area contributed by atoms with E-state index in [2.05, 4.69) is 11.4 Å². The van der Waals surface area contributed by atoms with Crippen LogP contribution in [0.5, 0.6) is 0 Å². The zero-order chi connectivity index (χ0) is 20.8. The molecule has 8 nitrogen and oxygen atoms in total. The fourth-order valence-electron chi connectivity index (χ4n) is 2.82. The molecule has 0 heterocycles. The van der Waals surface area contributed by atoms with Crippen molar-refractivity contribution < 1.29 is 69.9 Å². The first-order valence-electron chi connectivity index (χ1n) is 10.1. The van der Waals surface area contributed by atoms with Gasteiger partial charge >= 0.3 is 37.4 Å². The molecule has 0 saturated carbocycles. The van der Waals surface area contributed by atoms with Crippen LogP contribution in [0.1, 0.15) is 85.9 Å². The summed E-state index contributed by atoms with van der Waals surface area (Å²) >= 11 is 0. The molecule has 166 valence electrons. The van der Waals surface area contributed by atoms with E-state index in [1.165, 1.54) is 44.9 Å². The molecule has 0 rings (SSSR count). The molecule has 0 amide bonds. The van der Waals surface area contributed by atoms with Crippen LogP contribution in [0.15, 0.2) is 0 Å². The fourth-order valence-corrected chi connectivity index (χ4v) is 3.18. The summed E-state index contributed by atoms with van der Waals surface area (Å²) in [6, 6.07) is 0. The molecule has 0 aromatic heterocycles. The Hall–Kier alpha value is 0.950. The minimum absolute atomic E-state index is 0. The van der Waals surface area contributed by atoms with Crippen molar-refractivity contribution in [3.05, 3.63) is 0 Å². The van der Waals surface area contributed by atoms with Crippen LogP contribution in [0.2, 0.25) is 0 Å². The number of phosphoric acid groups is 1. The Kier molecular flexibility index (Phi) is 19.6. The van der Waals surface area contributed by atoms with Crippen molar-refractivity contribution in [1.29, 1.82) is 0 Å². The Labute approximate surface area is 193 Å². The molecule has 0 spiro atoms. The van der Waals surface area contributed by atoms with Crippen LogP contribution in [0.4, 0.5) is 0 Å². The minimum atomic E-state index is -4.86. The van der Waals surface area contributed by atoms with Gasteiger partial charge in [-0.2, -0.15) is 0 Å². The molecular formula is C18H40NaO8P. The molecule has 0 fully saturated rings. The van der Waals surface area contributed by atoms with Crippen molar-refractivity contribution in [2.24, 2.45) is 0 Å². The molecule has 0 aromatic rings. The zero-order valence-corrected chi connectivity index (χ0v) is 20.6. The second kappa shape index (κ2) is 17.6. The van der Waals surface area contributed by atoms with Crippen LogP contribution in [-0.2, 0) is 13.8 Å². The summed E-state index contributed by atoms with van der Waals surface area (Å²) < 4.78 is 20.3. The van der Waals surface area contributed by atoms with Crippen LogP contribution in [0.25, 0.3) is 0 Å². The Balaban J connectivity index is -0.00000338. The van der Waals surface area contributed by atoms with E-state index >= 15 is 0 Å². The monoisotopic (exact) mass is 438 g/mol. The molecule has 0 aliphatic heterocycles. The second-order valence-electron chi connectivity index (χ2n) is 7.09. The Morgan fingerprint density at radius 1 is 0.929 bits per heavy atom. The number of ether oxygens (including phenoxy) is 1. The average Bonchev–Trinajstić information content (AvgIpc) is 2.60. The van der Waals surface area contributed by atoms with E-state index in [0.29, 0.717) is 13.0 Å². The standard InChI is InChI=1S/C18H39O8P.Na.H/c1-3-5-6-7-8-9-10-11-12-13-14-25-16(4-2)17(19)18(20,21)15-26-27(22,23)24;;/h16-17,19-21H,3-15H2,1-2H3,(H2,22,23,24);;/q;+1;-1. The van der Waals surface area contributed by atoms with E-state index in [0.717, 1.165) is 19.3 Å². The number of hydrogen-bond donors (Lipinski definition) is 5. The Morgan fingerprint density at radius 3 is 1.82 bits per heavy atom. The van der Waals surface area contributed by atoms with Gasteiger partial charge in [0, 0.05) is 6.61 Å². The van der Waals surface area contributed by atoms with Crippen molar-refractivity contribution in [2.45, 2.75) is 102 Å². The average molecular weight is 438 g/mol. The zero-order valence-electron chi connectivity index (χ0n) is 18.8. The molecule has 0 saturated heterocycles. The summed E-state index contributed by atoms with van der Waals surface area (Å²) in [5, 5.41) is 29.6. The Bertz CT molecular complexity index is 411. The third-order valence-corrected chi connectivity index (χ3v) is 4.97. The van der Waals surface area contributed by atoms with Gasteiger partial charge in [0.05, 0.1) is 6.10 Å². The number of phosphoric ester groups is 1. The summed E-state index contributed by atoms with van der Waals surface area (Å²) in [7, 11) is -4.86. The second-order valence-corrected chi connectivity index (χ2v) is 8.33. The molecule has 2 unspecified atom stereocenters. The predicted molar refractivity (Wildman–Crippen MR) is 104 cm³/mol. The van der Waals surface area contributed by atoms with Gasteiger partial charge in [-0.3, -0.25) is 4.52 Å². The predicted octanol–water partition coefficient (Wildman–Crippen LogP) is -0.0299. The summed E-state index contributed by atoms with van der Waals surface area (Å²) in [5.41, 5.74) is 0. The fraction of sp³-hybridized carbons (Fsp3) is 1.00. The number of aliphatic hydroxyl groups is 3. The topological polar surface area (TPSA) is 137 Å². The van der Waals surface area contributed by atoms with E-state index in [1.807, 2.05) is 0 Å². The third kappa shape index (κ3) is 16.7. The first-order valence-corrected chi connectivity index (χ1v) is 11.6. The molecule has 10 heteroatoms. The third-order valence-electron chi connectivity index (χ3n) is 4.50. The SMILES string of the molecule is CCCCCCCCCCCCOC(CC)C(O)C(O)(O)COP(=O)(O)O.[H-].[Na+]. The van der Waals surface area contributed by atoms with Gasteiger partial charge in [0.1, 0.15) is 12.7 Å². The van der Waals surface area contributed by atoms with E-state index < -0.39 is 32.4 Å². The molecule has 0 aliphatic carbocycles. The summed E-state index contributed by atoms with van der Waals surface area (Å²) in [6.45, 7) is 3.19. The first kappa shape index (κ1) is 31.1. The molecule has 0 radical (unpaired) electrons. The first-order chi connectivity index (χ1) is 12.6. The van der Waals surface area contributed by atoms with Gasteiger partial charge in [-0.15, -0.1) is 0 Å². The van der Waals surface area contributed by atoms with Crippen LogP contribution < -0.4 is 29.6 Å². The van der Waals surface area contributed by atoms with Crippen molar-refractivity contribution in [2.75, 3.05) is 13.2 Å². The summed E-state index contributed by atoms with van der Waals surface area (Å²) in [4.78, 5) is 17.3. The largest absolute Gasteiger partial charge is 1.00 e. The Morgan fingerprint density at radius 2 is 1.39 bits per heavy atom. The summed E-state index contributed by atoms with van der Waals surface area (Å²) in [6.07, 6.45) is 9.59. The van der Waals surface area contributed by atoms with Crippen LogP contribution in [0.3, 0.4) is 0 Å². The van der Waals surface area contributed by atoms with Gasteiger partial charge in [-0.05, 0) is 12.8 Å². The molecule has 0 bridgehead atoms. The van der Waals surface area contributed by atoms with Gasteiger partial charge in [0.25, 0.3) is 0 Å². The van der Waals surface area contributed by atoms with Gasteiger partial charge in [0.15, 0.2) is 0 Å². The van der Waals surface area contributed by atoms with Crippen LogP contribution in [0, 0.1) is 0 Å². The van der Waals surface area contributed by atoms with Crippen molar-refractivity contribution >= 4 is 7.82 Å². The molecule has 28 heavy (non-hydrogen) atoms. The summed E-state index contributed by atoms with van der Waals surface area (Å²) in [5.74, 6) is -2.81. The van der Waals surface area contributed by atoms with Gasteiger partial charge < -0.3 is 31.3 Å². The number of rotatable bonds is 18. The molecular weight excluding hydrogens is 398 g/mol. The van der Waals surface area contributed by atoms with E-state index in [9.17, 15) is 19.9 Å².